The van der Waals surface area contributed by atoms with Crippen molar-refractivity contribution in [2.45, 2.75) is 18.8 Å². The molecule has 1 aliphatic rings. The maximum atomic E-state index is 12.3. The van der Waals surface area contributed by atoms with Gasteiger partial charge in [0.1, 0.15) is 11.5 Å². The zero-order valence-electron chi connectivity index (χ0n) is 11.3. The van der Waals surface area contributed by atoms with E-state index in [0.717, 1.165) is 17.5 Å². The van der Waals surface area contributed by atoms with Crippen molar-refractivity contribution in [1.82, 2.24) is 0 Å². The summed E-state index contributed by atoms with van der Waals surface area (Å²) >= 11 is 0. The predicted octanol–water partition coefficient (Wildman–Crippen LogP) is 3.31. The van der Waals surface area contributed by atoms with Crippen LogP contribution in [0.1, 0.15) is 33.8 Å². The second-order valence-electron chi connectivity index (χ2n) is 5.12. The largest absolute Gasteiger partial charge is 0.507 e. The van der Waals surface area contributed by atoms with Crippen molar-refractivity contribution in [3.63, 3.8) is 0 Å². The van der Waals surface area contributed by atoms with Crippen LogP contribution >= 0.6 is 0 Å². The number of phenols is 1. The van der Waals surface area contributed by atoms with E-state index in [0.29, 0.717) is 17.7 Å². The lowest BCUT2D eigenvalue weighted by Gasteiger charge is -2.25. The Kier molecular flexibility index (Phi) is 3.18. The van der Waals surface area contributed by atoms with Crippen LogP contribution in [0.5, 0.6) is 11.5 Å². The fraction of sp³-hybridized carbons (Fsp3) is 0.235. The molecule has 1 aliphatic carbocycles. The summed E-state index contributed by atoms with van der Waals surface area (Å²) in [5.41, 5.74) is 2.48. The Labute approximate surface area is 117 Å². The minimum atomic E-state index is 0.000237. The molecule has 0 aromatic heterocycles. The van der Waals surface area contributed by atoms with Crippen molar-refractivity contribution in [3.05, 3.63) is 59.2 Å². The summed E-state index contributed by atoms with van der Waals surface area (Å²) in [6.45, 7) is 0. The average Bonchev–Trinajstić information content (AvgIpc) is 2.47. The lowest BCUT2D eigenvalue weighted by molar-refractivity contribution is 0.0961. The van der Waals surface area contributed by atoms with Crippen LogP contribution in [0.25, 0.3) is 0 Å². The van der Waals surface area contributed by atoms with Crippen LogP contribution in [-0.2, 0) is 6.42 Å². The van der Waals surface area contributed by atoms with Gasteiger partial charge in [0.25, 0.3) is 0 Å². The van der Waals surface area contributed by atoms with Gasteiger partial charge in [0.05, 0.1) is 12.7 Å². The number of rotatable bonds is 2. The van der Waals surface area contributed by atoms with Crippen molar-refractivity contribution in [2.24, 2.45) is 0 Å². The van der Waals surface area contributed by atoms with Crippen LogP contribution < -0.4 is 4.74 Å². The number of hydrogen-bond donors (Lipinski definition) is 1. The lowest BCUT2D eigenvalue weighted by Crippen LogP contribution is -2.19. The minimum absolute atomic E-state index is 0.000237. The maximum Gasteiger partial charge on any atom is 0.167 e. The molecule has 2 aromatic rings. The van der Waals surface area contributed by atoms with Gasteiger partial charge in [-0.15, -0.1) is 0 Å². The molecule has 1 N–H and O–H groups in total. The zero-order chi connectivity index (χ0) is 14.1. The molecule has 0 saturated carbocycles. The normalized spacial score (nSPS) is 17.6. The highest BCUT2D eigenvalue weighted by Crippen LogP contribution is 2.38. The van der Waals surface area contributed by atoms with Gasteiger partial charge in [-0.25, -0.2) is 0 Å². The zero-order valence-corrected chi connectivity index (χ0v) is 11.3. The van der Waals surface area contributed by atoms with E-state index in [4.69, 9.17) is 4.74 Å². The van der Waals surface area contributed by atoms with Gasteiger partial charge in [0.2, 0.25) is 0 Å². The number of aromatic hydroxyl groups is 1. The second-order valence-corrected chi connectivity index (χ2v) is 5.12. The molecule has 2 aromatic carbocycles. The third kappa shape index (κ3) is 2.16. The summed E-state index contributed by atoms with van der Waals surface area (Å²) in [5.74, 6) is 0.779. The smallest absolute Gasteiger partial charge is 0.167 e. The molecular formula is C17H16O3. The van der Waals surface area contributed by atoms with Gasteiger partial charge in [-0.2, -0.15) is 0 Å². The Morgan fingerprint density at radius 3 is 2.60 bits per heavy atom. The Bertz CT molecular complexity index is 647. The van der Waals surface area contributed by atoms with Gasteiger partial charge in [-0.05, 0) is 29.5 Å². The number of carbonyl (C=O) groups is 1. The molecule has 0 fully saturated rings. The highest BCUT2D eigenvalue weighted by Gasteiger charge is 2.29. The van der Waals surface area contributed by atoms with Gasteiger partial charge in [0, 0.05) is 12.5 Å². The molecule has 0 bridgehead atoms. The highest BCUT2D eigenvalue weighted by molar-refractivity contribution is 6.01. The topological polar surface area (TPSA) is 46.5 Å². The number of benzene rings is 2. The van der Waals surface area contributed by atoms with E-state index < -0.39 is 0 Å². The first-order valence-electron chi connectivity index (χ1n) is 6.67. The molecule has 1 atom stereocenters. The highest BCUT2D eigenvalue weighted by atomic mass is 16.5. The summed E-state index contributed by atoms with van der Waals surface area (Å²) in [7, 11) is 1.56. The average molecular weight is 268 g/mol. The third-order valence-corrected chi connectivity index (χ3v) is 3.86. The van der Waals surface area contributed by atoms with Crippen LogP contribution in [0.4, 0.5) is 0 Å². The van der Waals surface area contributed by atoms with Crippen molar-refractivity contribution in [2.75, 3.05) is 7.11 Å². The summed E-state index contributed by atoms with van der Waals surface area (Å²) in [6, 6.07) is 13.4. The number of fused-ring (bicyclic) bond motifs is 1. The maximum absolute atomic E-state index is 12.3. The third-order valence-electron chi connectivity index (χ3n) is 3.86. The Morgan fingerprint density at radius 1 is 1.15 bits per heavy atom. The Balaban J connectivity index is 2.02. The van der Waals surface area contributed by atoms with Gasteiger partial charge >= 0.3 is 0 Å². The van der Waals surface area contributed by atoms with E-state index in [1.54, 1.807) is 7.11 Å². The number of ketones is 1. The molecule has 1 unspecified atom stereocenters. The lowest BCUT2D eigenvalue weighted by atomic mass is 9.79. The van der Waals surface area contributed by atoms with E-state index in [2.05, 4.69) is 0 Å². The van der Waals surface area contributed by atoms with Crippen molar-refractivity contribution in [3.8, 4) is 11.5 Å². The molecule has 0 heterocycles. The van der Waals surface area contributed by atoms with Crippen LogP contribution in [0.3, 0.4) is 0 Å². The first-order chi connectivity index (χ1) is 9.69. The van der Waals surface area contributed by atoms with Crippen molar-refractivity contribution >= 4 is 5.78 Å². The quantitative estimate of drug-likeness (QED) is 0.909. The molecule has 3 heteroatoms. The van der Waals surface area contributed by atoms with Crippen LogP contribution in [0.15, 0.2) is 42.5 Å². The second kappa shape index (κ2) is 5.00. The van der Waals surface area contributed by atoms with E-state index in [9.17, 15) is 9.90 Å². The standard InChI is InChI=1S/C17H16O3/c1-20-14-8-13-7-12(11-5-3-2-4-6-11)9-15(18)17(13)16(19)10-14/h2-6,8,10,12,19H,7,9H2,1H3. The first kappa shape index (κ1) is 12.7. The van der Waals surface area contributed by atoms with E-state index in [-0.39, 0.29) is 17.5 Å². The SMILES string of the molecule is COc1cc(O)c2c(c1)CC(c1ccccc1)CC2=O. The molecule has 0 saturated heterocycles. The molecule has 0 aliphatic heterocycles. The van der Waals surface area contributed by atoms with E-state index >= 15 is 0 Å². The number of carbonyl (C=O) groups excluding carboxylic acids is 1. The Hall–Kier alpha value is -2.29. The number of phenolic OH excluding ortho intramolecular Hbond substituents is 1. The van der Waals surface area contributed by atoms with Gasteiger partial charge < -0.3 is 9.84 Å². The summed E-state index contributed by atoms with van der Waals surface area (Å²) in [4.78, 5) is 12.3. The van der Waals surface area contributed by atoms with Crippen LogP contribution in [0.2, 0.25) is 0 Å². The van der Waals surface area contributed by atoms with Gasteiger partial charge in [-0.3, -0.25) is 4.79 Å². The minimum Gasteiger partial charge on any atom is -0.507 e. The van der Waals surface area contributed by atoms with Crippen molar-refractivity contribution in [1.29, 1.82) is 0 Å². The molecule has 0 spiro atoms. The molecule has 20 heavy (non-hydrogen) atoms. The fourth-order valence-corrected chi connectivity index (χ4v) is 2.88. The monoisotopic (exact) mass is 268 g/mol. The molecule has 0 radical (unpaired) electrons. The number of hydrogen-bond acceptors (Lipinski definition) is 3. The number of Topliss-reactive ketones (excluding diaryl/α,β-unsaturated/α-hetero) is 1. The number of ether oxygens (including phenoxy) is 1. The van der Waals surface area contributed by atoms with Crippen LogP contribution in [0, 0.1) is 0 Å². The Morgan fingerprint density at radius 2 is 1.90 bits per heavy atom. The van der Waals surface area contributed by atoms with Crippen LogP contribution in [-0.4, -0.2) is 18.0 Å². The van der Waals surface area contributed by atoms with Crippen molar-refractivity contribution < 1.29 is 14.6 Å². The van der Waals surface area contributed by atoms with E-state index in [1.807, 2.05) is 36.4 Å². The summed E-state index contributed by atoms with van der Waals surface area (Å²) in [6.07, 6.45) is 1.19. The van der Waals surface area contributed by atoms with Gasteiger partial charge in [0.15, 0.2) is 5.78 Å². The summed E-state index contributed by atoms with van der Waals surface area (Å²) < 4.78 is 5.17. The number of methoxy groups -OCH3 is 1. The van der Waals surface area contributed by atoms with E-state index in [1.165, 1.54) is 6.07 Å². The summed E-state index contributed by atoms with van der Waals surface area (Å²) in [5, 5.41) is 9.99. The van der Waals surface area contributed by atoms with Gasteiger partial charge in [-0.1, -0.05) is 30.3 Å². The predicted molar refractivity (Wildman–Crippen MR) is 76.5 cm³/mol. The molecule has 3 rings (SSSR count). The molecule has 102 valence electrons. The first-order valence-corrected chi connectivity index (χ1v) is 6.67. The molecule has 3 nitrogen and oxygen atoms in total. The molecular weight excluding hydrogens is 252 g/mol. The molecule has 0 amide bonds. The fourth-order valence-electron chi connectivity index (χ4n) is 2.88.